The van der Waals surface area contributed by atoms with Crippen LogP contribution < -0.4 is 4.74 Å². The summed E-state index contributed by atoms with van der Waals surface area (Å²) in [6, 6.07) is 5.48. The van der Waals surface area contributed by atoms with Gasteiger partial charge in [0.1, 0.15) is 11.3 Å². The zero-order valence-electron chi connectivity index (χ0n) is 8.42. The largest absolute Gasteiger partial charge is 0.497 e. The van der Waals surface area contributed by atoms with Gasteiger partial charge in [0, 0.05) is 5.56 Å². The smallest absolute Gasteiger partial charge is 0.120 e. The van der Waals surface area contributed by atoms with E-state index in [4.69, 9.17) is 27.9 Å². The number of hydrogen-bond acceptors (Lipinski definition) is 2. The highest BCUT2D eigenvalue weighted by atomic mass is 35.5. The summed E-state index contributed by atoms with van der Waals surface area (Å²) in [4.78, 5) is 1.88. The number of ether oxygens (including phenoxy) is 1. The summed E-state index contributed by atoms with van der Waals surface area (Å²) in [5.41, 5.74) is 0.674. The Balaban J connectivity index is 2.99. The number of halogens is 2. The maximum Gasteiger partial charge on any atom is 0.120 e. The van der Waals surface area contributed by atoms with Gasteiger partial charge in [-0.25, -0.2) is 0 Å². The molecule has 2 nitrogen and oxygen atoms in total. The van der Waals surface area contributed by atoms with Crippen molar-refractivity contribution in [2.75, 3.05) is 21.2 Å². The van der Waals surface area contributed by atoms with Crippen LogP contribution >= 0.6 is 23.2 Å². The van der Waals surface area contributed by atoms with Gasteiger partial charge in [-0.05, 0) is 26.2 Å². The molecule has 0 bridgehead atoms. The number of hydrogen-bond donors (Lipinski definition) is 0. The van der Waals surface area contributed by atoms with Crippen molar-refractivity contribution in [3.05, 3.63) is 28.8 Å². The SMILES string of the molecule is COc1ccc(C(Cl)N(C)C)c(Cl)c1. The lowest BCUT2D eigenvalue weighted by atomic mass is 10.2. The third kappa shape index (κ3) is 2.53. The highest BCUT2D eigenvalue weighted by Crippen LogP contribution is 2.31. The van der Waals surface area contributed by atoms with Crippen LogP contribution in [0.15, 0.2) is 18.2 Å². The molecule has 0 heterocycles. The first-order chi connectivity index (χ1) is 6.56. The molecule has 0 radical (unpaired) electrons. The Morgan fingerprint density at radius 2 is 2.00 bits per heavy atom. The molecule has 0 spiro atoms. The average molecular weight is 234 g/mol. The highest BCUT2D eigenvalue weighted by molar-refractivity contribution is 6.32. The van der Waals surface area contributed by atoms with Crippen LogP contribution in [0.4, 0.5) is 0 Å². The van der Waals surface area contributed by atoms with Crippen molar-refractivity contribution in [1.82, 2.24) is 4.90 Å². The highest BCUT2D eigenvalue weighted by Gasteiger charge is 2.13. The second-order valence-corrected chi connectivity index (χ2v) is 4.01. The zero-order chi connectivity index (χ0) is 10.7. The molecule has 1 unspecified atom stereocenters. The summed E-state index contributed by atoms with van der Waals surface area (Å²) in [5.74, 6) is 0.737. The van der Waals surface area contributed by atoms with Gasteiger partial charge in [0.05, 0.1) is 12.1 Å². The van der Waals surface area contributed by atoms with Crippen LogP contribution in [0.2, 0.25) is 5.02 Å². The summed E-state index contributed by atoms with van der Waals surface area (Å²) in [6.07, 6.45) is 0. The maximum atomic E-state index is 6.14. The molecule has 1 aromatic carbocycles. The van der Waals surface area contributed by atoms with Gasteiger partial charge in [0.15, 0.2) is 0 Å². The van der Waals surface area contributed by atoms with E-state index in [0.29, 0.717) is 5.02 Å². The van der Waals surface area contributed by atoms with Crippen LogP contribution in [0.1, 0.15) is 11.1 Å². The third-order valence-electron chi connectivity index (χ3n) is 1.92. The van der Waals surface area contributed by atoms with Gasteiger partial charge in [-0.15, -0.1) is 11.6 Å². The van der Waals surface area contributed by atoms with Gasteiger partial charge in [0.2, 0.25) is 0 Å². The molecule has 0 saturated heterocycles. The van der Waals surface area contributed by atoms with Crippen molar-refractivity contribution in [3.63, 3.8) is 0 Å². The van der Waals surface area contributed by atoms with Crippen molar-refractivity contribution in [1.29, 1.82) is 0 Å². The fraction of sp³-hybridized carbons (Fsp3) is 0.400. The van der Waals surface area contributed by atoms with Crippen molar-refractivity contribution in [2.45, 2.75) is 5.50 Å². The maximum absolute atomic E-state index is 6.14. The first kappa shape index (κ1) is 11.6. The molecule has 0 saturated carbocycles. The number of alkyl halides is 1. The Morgan fingerprint density at radius 3 is 2.43 bits per heavy atom. The third-order valence-corrected chi connectivity index (χ3v) is 2.87. The summed E-state index contributed by atoms with van der Waals surface area (Å²) in [5, 5.41) is 0.623. The minimum Gasteiger partial charge on any atom is -0.497 e. The number of rotatable bonds is 3. The van der Waals surface area contributed by atoms with E-state index >= 15 is 0 Å². The van der Waals surface area contributed by atoms with Gasteiger partial charge in [-0.2, -0.15) is 0 Å². The van der Waals surface area contributed by atoms with Crippen LogP contribution in [0.25, 0.3) is 0 Å². The van der Waals surface area contributed by atoms with Crippen LogP contribution in [-0.2, 0) is 0 Å². The Labute approximate surface area is 94.4 Å². The molecule has 0 aliphatic rings. The van der Waals surface area contributed by atoms with Gasteiger partial charge in [-0.3, -0.25) is 4.90 Å². The Morgan fingerprint density at radius 1 is 1.36 bits per heavy atom. The predicted molar refractivity (Wildman–Crippen MR) is 60.3 cm³/mol. The number of nitrogens with zero attached hydrogens (tertiary/aromatic N) is 1. The molecule has 0 fully saturated rings. The molecular weight excluding hydrogens is 221 g/mol. The fourth-order valence-electron chi connectivity index (χ4n) is 1.11. The lowest BCUT2D eigenvalue weighted by Crippen LogP contribution is -2.14. The summed E-state index contributed by atoms with van der Waals surface area (Å²) >= 11 is 12.2. The predicted octanol–water partition coefficient (Wildman–Crippen LogP) is 3.15. The Hall–Kier alpha value is -0.440. The van der Waals surface area contributed by atoms with Gasteiger partial charge in [-0.1, -0.05) is 17.7 Å². The van der Waals surface area contributed by atoms with Gasteiger partial charge in [0.25, 0.3) is 0 Å². The van der Waals surface area contributed by atoms with Gasteiger partial charge < -0.3 is 4.74 Å². The molecule has 1 atom stereocenters. The van der Waals surface area contributed by atoms with E-state index in [0.717, 1.165) is 11.3 Å². The van der Waals surface area contributed by atoms with Crippen LogP contribution in [-0.4, -0.2) is 26.1 Å². The number of methoxy groups -OCH3 is 1. The van der Waals surface area contributed by atoms with Crippen LogP contribution in [0.3, 0.4) is 0 Å². The lowest BCUT2D eigenvalue weighted by molar-refractivity contribution is 0.383. The van der Waals surface area contributed by atoms with Gasteiger partial charge >= 0.3 is 0 Å². The topological polar surface area (TPSA) is 12.5 Å². The van der Waals surface area contributed by atoms with E-state index < -0.39 is 0 Å². The first-order valence-electron chi connectivity index (χ1n) is 4.20. The minimum absolute atomic E-state index is 0.214. The average Bonchev–Trinajstić information content (AvgIpc) is 2.16. The molecule has 0 aliphatic carbocycles. The minimum atomic E-state index is -0.214. The quantitative estimate of drug-likeness (QED) is 0.588. The Bertz CT molecular complexity index is 315. The molecule has 1 rings (SSSR count). The molecule has 4 heteroatoms. The molecule has 14 heavy (non-hydrogen) atoms. The summed E-state index contributed by atoms with van der Waals surface area (Å²) in [7, 11) is 5.41. The van der Waals surface area contributed by atoms with Crippen molar-refractivity contribution < 1.29 is 4.74 Å². The van der Waals surface area contributed by atoms with Crippen molar-refractivity contribution in [3.8, 4) is 5.75 Å². The molecule has 0 N–H and O–H groups in total. The first-order valence-corrected chi connectivity index (χ1v) is 5.01. The standard InChI is InChI=1S/C10H13Cl2NO/c1-13(2)10(12)8-5-4-7(14-3)6-9(8)11/h4-6,10H,1-3H3. The van der Waals surface area contributed by atoms with E-state index in [1.807, 2.05) is 31.1 Å². The van der Waals surface area contributed by atoms with E-state index in [-0.39, 0.29) is 5.50 Å². The number of benzene rings is 1. The van der Waals surface area contributed by atoms with E-state index in [2.05, 4.69) is 0 Å². The van der Waals surface area contributed by atoms with E-state index in [1.165, 1.54) is 0 Å². The zero-order valence-corrected chi connectivity index (χ0v) is 9.93. The molecule has 0 aliphatic heterocycles. The summed E-state index contributed by atoms with van der Waals surface area (Å²) < 4.78 is 5.05. The molecule has 1 aromatic rings. The van der Waals surface area contributed by atoms with Crippen LogP contribution in [0, 0.1) is 0 Å². The molecular formula is C10H13Cl2NO. The summed E-state index contributed by atoms with van der Waals surface area (Å²) in [6.45, 7) is 0. The molecule has 0 aromatic heterocycles. The Kier molecular flexibility index (Phi) is 4.05. The second kappa shape index (κ2) is 4.87. The monoisotopic (exact) mass is 233 g/mol. The second-order valence-electron chi connectivity index (χ2n) is 3.19. The van der Waals surface area contributed by atoms with Crippen LogP contribution in [0.5, 0.6) is 5.75 Å². The van der Waals surface area contributed by atoms with E-state index in [1.54, 1.807) is 13.2 Å². The molecule has 0 amide bonds. The fourth-order valence-corrected chi connectivity index (χ4v) is 1.63. The normalized spacial score (nSPS) is 13.0. The molecule has 78 valence electrons. The van der Waals surface area contributed by atoms with Crippen molar-refractivity contribution >= 4 is 23.2 Å². The van der Waals surface area contributed by atoms with Crippen molar-refractivity contribution in [2.24, 2.45) is 0 Å². The lowest BCUT2D eigenvalue weighted by Gasteiger charge is -2.19. The van der Waals surface area contributed by atoms with E-state index in [9.17, 15) is 0 Å².